The van der Waals surface area contributed by atoms with Gasteiger partial charge in [-0.1, -0.05) is 6.92 Å². The molecular formula is C10H18N4O2S. The highest BCUT2D eigenvalue weighted by molar-refractivity contribution is 7.13. The standard InChI is InChI=1S/C10H18N4O2S/c1-3-14(2)5-4-12-10-13-7(6-17-10)8(11)9(15)16/h6,8H,3-5,11H2,1-2H3,(H,12,13)(H,15,16). The highest BCUT2D eigenvalue weighted by Gasteiger charge is 2.17. The van der Waals surface area contributed by atoms with Gasteiger partial charge in [-0.05, 0) is 13.6 Å². The molecule has 1 unspecified atom stereocenters. The Bertz CT molecular complexity index is 369. The second-order valence-corrected chi connectivity index (χ2v) is 4.57. The molecule has 0 aromatic carbocycles. The van der Waals surface area contributed by atoms with Crippen LogP contribution in [0.5, 0.6) is 0 Å². The van der Waals surface area contributed by atoms with Crippen molar-refractivity contribution in [2.75, 3.05) is 32.0 Å². The van der Waals surface area contributed by atoms with Gasteiger partial charge in [-0.3, -0.25) is 4.79 Å². The van der Waals surface area contributed by atoms with Crippen LogP contribution >= 0.6 is 11.3 Å². The molecule has 6 nitrogen and oxygen atoms in total. The lowest BCUT2D eigenvalue weighted by molar-refractivity contribution is -0.138. The summed E-state index contributed by atoms with van der Waals surface area (Å²) in [5, 5.41) is 14.3. The minimum absolute atomic E-state index is 0.397. The third-order valence-electron chi connectivity index (χ3n) is 2.42. The molecular weight excluding hydrogens is 240 g/mol. The van der Waals surface area contributed by atoms with Gasteiger partial charge in [-0.25, -0.2) is 4.98 Å². The third kappa shape index (κ3) is 4.29. The molecule has 1 rings (SSSR count). The monoisotopic (exact) mass is 258 g/mol. The van der Waals surface area contributed by atoms with Crippen LogP contribution in [0.15, 0.2) is 5.38 Å². The summed E-state index contributed by atoms with van der Waals surface area (Å²) in [5.74, 6) is -1.06. The largest absolute Gasteiger partial charge is 0.480 e. The van der Waals surface area contributed by atoms with E-state index in [0.29, 0.717) is 10.8 Å². The molecule has 0 bridgehead atoms. The summed E-state index contributed by atoms with van der Waals surface area (Å²) in [6.45, 7) is 4.78. The fourth-order valence-corrected chi connectivity index (χ4v) is 1.92. The van der Waals surface area contributed by atoms with E-state index in [1.54, 1.807) is 5.38 Å². The van der Waals surface area contributed by atoms with Gasteiger partial charge in [0.05, 0.1) is 5.69 Å². The van der Waals surface area contributed by atoms with Crippen molar-refractivity contribution in [2.24, 2.45) is 5.73 Å². The van der Waals surface area contributed by atoms with E-state index in [4.69, 9.17) is 10.8 Å². The molecule has 0 amide bonds. The summed E-state index contributed by atoms with van der Waals surface area (Å²) in [7, 11) is 2.04. The Morgan fingerprint density at radius 1 is 1.76 bits per heavy atom. The van der Waals surface area contributed by atoms with Crippen LogP contribution in [0.2, 0.25) is 0 Å². The maximum absolute atomic E-state index is 10.7. The normalized spacial score (nSPS) is 12.7. The smallest absolute Gasteiger partial charge is 0.326 e. The first kappa shape index (κ1) is 13.9. The summed E-state index contributed by atoms with van der Waals surface area (Å²) in [6, 6.07) is -1.04. The van der Waals surface area contributed by atoms with Crippen molar-refractivity contribution in [1.29, 1.82) is 0 Å². The van der Waals surface area contributed by atoms with Crippen molar-refractivity contribution in [3.63, 3.8) is 0 Å². The lowest BCUT2D eigenvalue weighted by Gasteiger charge is -2.13. The first-order valence-electron chi connectivity index (χ1n) is 5.40. The van der Waals surface area contributed by atoms with Gasteiger partial charge < -0.3 is 21.1 Å². The predicted molar refractivity (Wildman–Crippen MR) is 68.3 cm³/mol. The number of carboxylic acid groups (broad SMARTS) is 1. The van der Waals surface area contributed by atoms with E-state index in [9.17, 15) is 4.79 Å². The quantitative estimate of drug-likeness (QED) is 0.663. The SMILES string of the molecule is CCN(C)CCNc1nc(C(N)C(=O)O)cs1. The number of hydrogen-bond acceptors (Lipinski definition) is 6. The number of nitrogens with zero attached hydrogens (tertiary/aromatic N) is 2. The fraction of sp³-hybridized carbons (Fsp3) is 0.600. The molecule has 0 aliphatic rings. The Morgan fingerprint density at radius 3 is 3.06 bits per heavy atom. The summed E-state index contributed by atoms with van der Waals surface area (Å²) >= 11 is 1.37. The Labute approximate surface area is 104 Å². The van der Waals surface area contributed by atoms with Gasteiger partial charge in [0.25, 0.3) is 0 Å². The van der Waals surface area contributed by atoms with E-state index < -0.39 is 12.0 Å². The highest BCUT2D eigenvalue weighted by Crippen LogP contribution is 2.19. The van der Waals surface area contributed by atoms with Crippen LogP contribution in [0.1, 0.15) is 18.7 Å². The van der Waals surface area contributed by atoms with Gasteiger partial charge in [-0.15, -0.1) is 11.3 Å². The summed E-state index contributed by atoms with van der Waals surface area (Å²) in [4.78, 5) is 17.0. The molecule has 1 heterocycles. The summed E-state index contributed by atoms with van der Waals surface area (Å²) < 4.78 is 0. The van der Waals surface area contributed by atoms with Gasteiger partial charge in [0, 0.05) is 18.5 Å². The number of carbonyl (C=O) groups is 1. The molecule has 0 aliphatic heterocycles. The van der Waals surface area contributed by atoms with Crippen molar-refractivity contribution < 1.29 is 9.90 Å². The van der Waals surface area contributed by atoms with Gasteiger partial charge in [0.15, 0.2) is 5.13 Å². The number of aliphatic carboxylic acids is 1. The van der Waals surface area contributed by atoms with Crippen LogP contribution < -0.4 is 11.1 Å². The molecule has 0 aliphatic carbocycles. The van der Waals surface area contributed by atoms with E-state index in [2.05, 4.69) is 22.1 Å². The molecule has 0 saturated carbocycles. The van der Waals surface area contributed by atoms with E-state index in [0.717, 1.165) is 19.6 Å². The minimum Gasteiger partial charge on any atom is -0.480 e. The maximum Gasteiger partial charge on any atom is 0.326 e. The van der Waals surface area contributed by atoms with Crippen LogP contribution in [0.4, 0.5) is 5.13 Å². The molecule has 1 atom stereocenters. The van der Waals surface area contributed by atoms with Crippen molar-refractivity contribution in [3.8, 4) is 0 Å². The number of rotatable bonds is 7. The lowest BCUT2D eigenvalue weighted by Crippen LogP contribution is -2.24. The topological polar surface area (TPSA) is 91.5 Å². The number of thiazole rings is 1. The molecule has 4 N–H and O–H groups in total. The van der Waals surface area contributed by atoms with Crippen molar-refractivity contribution in [2.45, 2.75) is 13.0 Å². The first-order valence-corrected chi connectivity index (χ1v) is 6.28. The van der Waals surface area contributed by atoms with E-state index in [1.165, 1.54) is 11.3 Å². The molecule has 0 radical (unpaired) electrons. The number of aromatic nitrogens is 1. The second-order valence-electron chi connectivity index (χ2n) is 3.72. The van der Waals surface area contributed by atoms with Crippen molar-refractivity contribution in [1.82, 2.24) is 9.88 Å². The molecule has 1 aromatic heterocycles. The maximum atomic E-state index is 10.7. The Balaban J connectivity index is 2.43. The number of anilines is 1. The Morgan fingerprint density at radius 2 is 2.47 bits per heavy atom. The number of carboxylic acids is 1. The molecule has 7 heteroatoms. The van der Waals surface area contributed by atoms with Crippen molar-refractivity contribution >= 4 is 22.4 Å². The molecule has 17 heavy (non-hydrogen) atoms. The number of hydrogen-bond donors (Lipinski definition) is 3. The van der Waals surface area contributed by atoms with Gasteiger partial charge in [0.2, 0.25) is 0 Å². The average molecular weight is 258 g/mol. The van der Waals surface area contributed by atoms with Crippen LogP contribution in [0, 0.1) is 0 Å². The van der Waals surface area contributed by atoms with Gasteiger partial charge >= 0.3 is 5.97 Å². The summed E-state index contributed by atoms with van der Waals surface area (Å²) in [5.41, 5.74) is 5.86. The Kier molecular flexibility index (Phi) is 5.33. The summed E-state index contributed by atoms with van der Waals surface area (Å²) in [6.07, 6.45) is 0. The predicted octanol–water partition coefficient (Wildman–Crippen LogP) is 0.591. The zero-order valence-corrected chi connectivity index (χ0v) is 10.8. The average Bonchev–Trinajstić information content (AvgIpc) is 2.76. The number of nitrogens with two attached hydrogens (primary N) is 1. The molecule has 0 fully saturated rings. The van der Waals surface area contributed by atoms with Crippen LogP contribution in [-0.2, 0) is 4.79 Å². The zero-order valence-electron chi connectivity index (χ0n) is 10.0. The lowest BCUT2D eigenvalue weighted by atomic mass is 10.2. The molecule has 1 aromatic rings. The molecule has 0 spiro atoms. The minimum atomic E-state index is -1.06. The van der Waals surface area contributed by atoms with Crippen LogP contribution in [0.3, 0.4) is 0 Å². The first-order chi connectivity index (χ1) is 8.04. The van der Waals surface area contributed by atoms with Gasteiger partial charge in [0.1, 0.15) is 6.04 Å². The van der Waals surface area contributed by atoms with E-state index in [1.807, 2.05) is 7.05 Å². The third-order valence-corrected chi connectivity index (χ3v) is 3.23. The second kappa shape index (κ2) is 6.53. The molecule has 96 valence electrons. The van der Waals surface area contributed by atoms with Crippen molar-refractivity contribution in [3.05, 3.63) is 11.1 Å². The highest BCUT2D eigenvalue weighted by atomic mass is 32.1. The van der Waals surface area contributed by atoms with Crippen LogP contribution in [-0.4, -0.2) is 47.6 Å². The number of nitrogens with one attached hydrogen (secondary N) is 1. The van der Waals surface area contributed by atoms with Crippen LogP contribution in [0.25, 0.3) is 0 Å². The van der Waals surface area contributed by atoms with E-state index in [-0.39, 0.29) is 0 Å². The Hall–Kier alpha value is -1.18. The fourth-order valence-electron chi connectivity index (χ4n) is 1.15. The van der Waals surface area contributed by atoms with Gasteiger partial charge in [-0.2, -0.15) is 0 Å². The van der Waals surface area contributed by atoms with E-state index >= 15 is 0 Å². The molecule has 0 saturated heterocycles. The zero-order chi connectivity index (χ0) is 12.8. The number of likely N-dealkylation sites (N-methyl/N-ethyl adjacent to an activating group) is 1.